The van der Waals surface area contributed by atoms with E-state index in [2.05, 4.69) is 16.5 Å². The highest BCUT2D eigenvalue weighted by atomic mass is 35.5. The SMILES string of the molecule is CON=CC1C2CNCC12c1ccc(Cl)c(Cl)c1. The maximum absolute atomic E-state index is 6.11. The van der Waals surface area contributed by atoms with Crippen LogP contribution in [-0.4, -0.2) is 26.4 Å². The molecule has 3 nitrogen and oxygen atoms in total. The number of hydrogen-bond donors (Lipinski definition) is 1. The topological polar surface area (TPSA) is 33.6 Å². The highest BCUT2D eigenvalue weighted by molar-refractivity contribution is 6.42. The van der Waals surface area contributed by atoms with Crippen molar-refractivity contribution >= 4 is 29.4 Å². The molecule has 18 heavy (non-hydrogen) atoms. The summed E-state index contributed by atoms with van der Waals surface area (Å²) in [4.78, 5) is 4.78. The largest absolute Gasteiger partial charge is 0.399 e. The summed E-state index contributed by atoms with van der Waals surface area (Å²) in [7, 11) is 1.57. The van der Waals surface area contributed by atoms with E-state index in [0.29, 0.717) is 21.9 Å². The van der Waals surface area contributed by atoms with Crippen LogP contribution in [0, 0.1) is 11.8 Å². The molecule has 1 saturated carbocycles. The Morgan fingerprint density at radius 1 is 1.44 bits per heavy atom. The maximum Gasteiger partial charge on any atom is 0.106 e. The third-order valence-corrected chi connectivity index (χ3v) is 4.89. The van der Waals surface area contributed by atoms with Crippen LogP contribution in [0.5, 0.6) is 0 Å². The second-order valence-corrected chi connectivity index (χ2v) is 5.68. The van der Waals surface area contributed by atoms with Crippen LogP contribution in [0.15, 0.2) is 23.4 Å². The lowest BCUT2D eigenvalue weighted by Gasteiger charge is -2.15. The molecule has 5 heteroatoms. The zero-order chi connectivity index (χ0) is 12.8. The Balaban J connectivity index is 1.94. The lowest BCUT2D eigenvalue weighted by molar-refractivity contribution is 0.214. The summed E-state index contributed by atoms with van der Waals surface area (Å²) in [5, 5.41) is 8.55. The van der Waals surface area contributed by atoms with Gasteiger partial charge in [0.15, 0.2) is 0 Å². The van der Waals surface area contributed by atoms with Gasteiger partial charge in [-0.05, 0) is 30.2 Å². The van der Waals surface area contributed by atoms with Gasteiger partial charge in [0.05, 0.1) is 10.0 Å². The molecule has 0 radical (unpaired) electrons. The van der Waals surface area contributed by atoms with E-state index in [1.54, 1.807) is 7.11 Å². The minimum Gasteiger partial charge on any atom is -0.399 e. The molecule has 1 aliphatic heterocycles. The van der Waals surface area contributed by atoms with Gasteiger partial charge in [-0.3, -0.25) is 0 Å². The van der Waals surface area contributed by atoms with E-state index in [-0.39, 0.29) is 5.41 Å². The average molecular weight is 285 g/mol. The van der Waals surface area contributed by atoms with Crippen LogP contribution in [0.1, 0.15) is 5.56 Å². The molecule has 0 aromatic heterocycles. The van der Waals surface area contributed by atoms with Crippen LogP contribution in [-0.2, 0) is 10.3 Å². The summed E-state index contributed by atoms with van der Waals surface area (Å²) in [5.41, 5.74) is 1.36. The van der Waals surface area contributed by atoms with Crippen molar-refractivity contribution in [3.05, 3.63) is 33.8 Å². The molecule has 3 atom stereocenters. The molecular formula is C13H14Cl2N2O. The Morgan fingerprint density at radius 3 is 3.00 bits per heavy atom. The number of nitrogens with zero attached hydrogens (tertiary/aromatic N) is 1. The fraction of sp³-hybridized carbons (Fsp3) is 0.462. The van der Waals surface area contributed by atoms with E-state index < -0.39 is 0 Å². The van der Waals surface area contributed by atoms with Crippen LogP contribution in [0.2, 0.25) is 10.0 Å². The summed E-state index contributed by atoms with van der Waals surface area (Å²) in [6, 6.07) is 5.91. The Labute approximate surface area is 116 Å². The number of benzene rings is 1. The number of halogens is 2. The van der Waals surface area contributed by atoms with Crippen molar-refractivity contribution in [2.45, 2.75) is 5.41 Å². The van der Waals surface area contributed by atoms with E-state index >= 15 is 0 Å². The van der Waals surface area contributed by atoms with Crippen LogP contribution in [0.25, 0.3) is 0 Å². The van der Waals surface area contributed by atoms with Gasteiger partial charge in [0.25, 0.3) is 0 Å². The standard InChI is InChI=1S/C13H14Cl2N2O/c1-18-17-6-10-9-5-16-7-13(9,10)8-2-3-11(14)12(15)4-8/h2-4,6,9-10,16H,5,7H2,1H3. The molecule has 0 amide bonds. The van der Waals surface area contributed by atoms with Crippen molar-refractivity contribution in [1.82, 2.24) is 5.32 Å². The van der Waals surface area contributed by atoms with Crippen molar-refractivity contribution in [2.75, 3.05) is 20.2 Å². The van der Waals surface area contributed by atoms with Gasteiger partial charge in [0.2, 0.25) is 0 Å². The Kier molecular flexibility index (Phi) is 3.00. The molecule has 1 aliphatic carbocycles. The van der Waals surface area contributed by atoms with Crippen LogP contribution < -0.4 is 5.32 Å². The first kappa shape index (κ1) is 12.3. The lowest BCUT2D eigenvalue weighted by Crippen LogP contribution is -2.24. The van der Waals surface area contributed by atoms with Crippen molar-refractivity contribution in [2.24, 2.45) is 17.0 Å². The smallest absolute Gasteiger partial charge is 0.106 e. The molecule has 1 aromatic carbocycles. The van der Waals surface area contributed by atoms with Crippen molar-refractivity contribution in [3.8, 4) is 0 Å². The summed E-state index contributed by atoms with van der Waals surface area (Å²) < 4.78 is 0. The Bertz CT molecular complexity index is 506. The zero-order valence-electron chi connectivity index (χ0n) is 9.99. The van der Waals surface area contributed by atoms with Gasteiger partial charge in [0, 0.05) is 24.1 Å². The van der Waals surface area contributed by atoms with E-state index in [1.807, 2.05) is 18.3 Å². The number of rotatable bonds is 3. The van der Waals surface area contributed by atoms with Gasteiger partial charge in [0.1, 0.15) is 7.11 Å². The van der Waals surface area contributed by atoms with Gasteiger partial charge in [-0.15, -0.1) is 0 Å². The molecule has 1 heterocycles. The Hall–Kier alpha value is -0.770. The van der Waals surface area contributed by atoms with Crippen molar-refractivity contribution in [1.29, 1.82) is 0 Å². The quantitative estimate of drug-likeness (QED) is 0.684. The number of fused-ring (bicyclic) bond motifs is 1. The molecule has 2 aliphatic rings. The van der Waals surface area contributed by atoms with E-state index in [1.165, 1.54) is 5.56 Å². The highest BCUT2D eigenvalue weighted by Gasteiger charge is 2.67. The fourth-order valence-corrected chi connectivity index (χ4v) is 3.50. The van der Waals surface area contributed by atoms with Crippen LogP contribution in [0.4, 0.5) is 0 Å². The average Bonchev–Trinajstić information content (AvgIpc) is 2.77. The molecule has 1 saturated heterocycles. The second-order valence-electron chi connectivity index (χ2n) is 4.87. The zero-order valence-corrected chi connectivity index (χ0v) is 11.5. The van der Waals surface area contributed by atoms with Gasteiger partial charge in [-0.2, -0.15) is 0 Å². The number of oxime groups is 1. The predicted molar refractivity (Wildman–Crippen MR) is 73.5 cm³/mol. The summed E-state index contributed by atoms with van der Waals surface area (Å²) in [5.74, 6) is 1.00. The van der Waals surface area contributed by atoms with E-state index in [4.69, 9.17) is 28.0 Å². The lowest BCUT2D eigenvalue weighted by atomic mass is 9.93. The predicted octanol–water partition coefficient (Wildman–Crippen LogP) is 2.71. The normalized spacial score (nSPS) is 33.7. The minimum atomic E-state index is 0.121. The van der Waals surface area contributed by atoms with Crippen LogP contribution in [0.3, 0.4) is 0 Å². The number of hydrogen-bond acceptors (Lipinski definition) is 3. The van der Waals surface area contributed by atoms with E-state index in [0.717, 1.165) is 13.1 Å². The second kappa shape index (κ2) is 4.41. The molecule has 1 N–H and O–H groups in total. The maximum atomic E-state index is 6.11. The molecule has 0 spiro atoms. The monoisotopic (exact) mass is 284 g/mol. The first-order valence-corrected chi connectivity index (χ1v) is 6.68. The van der Waals surface area contributed by atoms with Gasteiger partial charge in [-0.25, -0.2) is 0 Å². The molecule has 2 fully saturated rings. The summed E-state index contributed by atoms with van der Waals surface area (Å²) >= 11 is 12.1. The molecule has 3 unspecified atom stereocenters. The highest BCUT2D eigenvalue weighted by Crippen LogP contribution is 2.61. The number of nitrogens with one attached hydrogen (secondary N) is 1. The fourth-order valence-electron chi connectivity index (χ4n) is 3.20. The van der Waals surface area contributed by atoms with Crippen molar-refractivity contribution in [3.63, 3.8) is 0 Å². The first-order valence-electron chi connectivity index (χ1n) is 5.93. The minimum absolute atomic E-state index is 0.121. The van der Waals surface area contributed by atoms with Gasteiger partial charge in [-0.1, -0.05) is 34.4 Å². The third-order valence-electron chi connectivity index (χ3n) is 4.15. The molecule has 3 rings (SSSR count). The molecular weight excluding hydrogens is 271 g/mol. The number of piperidine rings is 1. The van der Waals surface area contributed by atoms with Gasteiger partial charge >= 0.3 is 0 Å². The first-order chi connectivity index (χ1) is 8.70. The summed E-state index contributed by atoms with van der Waals surface area (Å²) in [6.07, 6.45) is 1.91. The third kappa shape index (κ3) is 1.65. The molecule has 0 bridgehead atoms. The van der Waals surface area contributed by atoms with Crippen LogP contribution >= 0.6 is 23.2 Å². The van der Waals surface area contributed by atoms with E-state index in [9.17, 15) is 0 Å². The van der Waals surface area contributed by atoms with Gasteiger partial charge < -0.3 is 10.2 Å². The summed E-state index contributed by atoms with van der Waals surface area (Å²) in [6.45, 7) is 1.97. The Morgan fingerprint density at radius 2 is 2.28 bits per heavy atom. The molecule has 96 valence electrons. The van der Waals surface area contributed by atoms with Crippen molar-refractivity contribution < 1.29 is 4.84 Å². The molecule has 1 aromatic rings.